The van der Waals surface area contributed by atoms with Crippen LogP contribution in [0.2, 0.25) is 0 Å². The predicted molar refractivity (Wildman–Crippen MR) is 71.4 cm³/mol. The van der Waals surface area contributed by atoms with Crippen LogP contribution in [0.5, 0.6) is 0 Å². The molecule has 0 saturated carbocycles. The molecule has 2 rings (SSSR count). The van der Waals surface area contributed by atoms with Gasteiger partial charge in [-0.25, -0.2) is 0 Å². The Balaban J connectivity index is 2.59. The maximum atomic E-state index is 11.0. The zero-order chi connectivity index (χ0) is 11.5. The van der Waals surface area contributed by atoms with E-state index in [-0.39, 0.29) is 0 Å². The molecule has 2 aromatic rings. The van der Waals surface area contributed by atoms with Crippen LogP contribution in [0.1, 0.15) is 17.3 Å². The molecule has 0 atom stereocenters. The van der Waals surface area contributed by atoms with Crippen LogP contribution < -0.4 is 0 Å². The summed E-state index contributed by atoms with van der Waals surface area (Å²) in [5, 5.41) is 4.41. The van der Waals surface area contributed by atoms with Crippen molar-refractivity contribution >= 4 is 28.9 Å². The van der Waals surface area contributed by atoms with Gasteiger partial charge in [-0.15, -0.1) is 0 Å². The lowest BCUT2D eigenvalue weighted by atomic mass is 10.1. The molecule has 16 heavy (non-hydrogen) atoms. The van der Waals surface area contributed by atoms with E-state index in [1.807, 2.05) is 31.2 Å². The highest BCUT2D eigenvalue weighted by Gasteiger charge is 2.12. The van der Waals surface area contributed by atoms with Crippen LogP contribution in [0.25, 0.3) is 11.3 Å². The lowest BCUT2D eigenvalue weighted by Gasteiger charge is -2.00. The fraction of sp³-hybridized carbons (Fsp3) is 0.167. The zero-order valence-electron chi connectivity index (χ0n) is 8.85. The van der Waals surface area contributed by atoms with Gasteiger partial charge in [-0.1, -0.05) is 18.2 Å². The second-order valence-electron chi connectivity index (χ2n) is 3.39. The Morgan fingerprint density at radius 2 is 2.19 bits per heavy atom. The first-order valence-corrected chi connectivity index (χ1v) is 6.11. The van der Waals surface area contributed by atoms with Gasteiger partial charge in [0, 0.05) is 21.9 Å². The molecule has 82 valence electrons. The maximum Gasteiger partial charge on any atom is 0.153 e. The quantitative estimate of drug-likeness (QED) is 0.642. The van der Waals surface area contributed by atoms with Gasteiger partial charge < -0.3 is 0 Å². The Hall–Kier alpha value is -1.17. The van der Waals surface area contributed by atoms with E-state index >= 15 is 0 Å². The summed E-state index contributed by atoms with van der Waals surface area (Å²) in [5.74, 6) is 0. The summed E-state index contributed by atoms with van der Waals surface area (Å²) in [6, 6.07) is 7.92. The third-order valence-electron chi connectivity index (χ3n) is 2.37. The van der Waals surface area contributed by atoms with E-state index in [2.05, 4.69) is 27.7 Å². The Bertz CT molecular complexity index is 519. The van der Waals surface area contributed by atoms with Crippen LogP contribution in [0.15, 0.2) is 30.5 Å². The molecule has 0 unspecified atom stereocenters. The number of aldehydes is 1. The molecule has 0 saturated heterocycles. The Labute approximate surface area is 108 Å². The molecular weight excluding hydrogens is 315 g/mol. The summed E-state index contributed by atoms with van der Waals surface area (Å²) < 4.78 is 2.88. The predicted octanol–water partition coefficient (Wildman–Crippen LogP) is 2.99. The molecule has 0 bridgehead atoms. The summed E-state index contributed by atoms with van der Waals surface area (Å²) in [5.41, 5.74) is 2.42. The number of hydrogen-bond acceptors (Lipinski definition) is 2. The fourth-order valence-corrected chi connectivity index (χ4v) is 2.19. The summed E-state index contributed by atoms with van der Waals surface area (Å²) in [4.78, 5) is 11.0. The fourth-order valence-electron chi connectivity index (χ4n) is 1.55. The van der Waals surface area contributed by atoms with Crippen molar-refractivity contribution < 1.29 is 4.79 Å². The van der Waals surface area contributed by atoms with E-state index in [4.69, 9.17) is 0 Å². The van der Waals surface area contributed by atoms with Crippen molar-refractivity contribution in [3.05, 3.63) is 39.6 Å². The molecule has 0 fully saturated rings. The highest BCUT2D eigenvalue weighted by molar-refractivity contribution is 14.1. The van der Waals surface area contributed by atoms with Crippen molar-refractivity contribution in [2.45, 2.75) is 13.5 Å². The number of carbonyl (C=O) groups excluding carboxylic acids is 1. The zero-order valence-corrected chi connectivity index (χ0v) is 11.0. The van der Waals surface area contributed by atoms with Crippen LogP contribution in [-0.4, -0.2) is 16.1 Å². The smallest absolute Gasteiger partial charge is 0.153 e. The SMILES string of the molecule is CCn1cc(C=O)c(-c2ccccc2I)n1. The van der Waals surface area contributed by atoms with Crippen molar-refractivity contribution in [3.63, 3.8) is 0 Å². The number of benzene rings is 1. The topological polar surface area (TPSA) is 34.9 Å². The highest BCUT2D eigenvalue weighted by atomic mass is 127. The Morgan fingerprint density at radius 1 is 1.44 bits per heavy atom. The van der Waals surface area contributed by atoms with Gasteiger partial charge in [-0.2, -0.15) is 5.10 Å². The van der Waals surface area contributed by atoms with Crippen LogP contribution in [0, 0.1) is 3.57 Å². The number of hydrogen-bond donors (Lipinski definition) is 0. The standard InChI is InChI=1S/C12H11IN2O/c1-2-15-7-9(8-16)12(14-15)10-5-3-4-6-11(10)13/h3-8H,2H2,1H3. The number of aryl methyl sites for hydroxylation is 1. The highest BCUT2D eigenvalue weighted by Crippen LogP contribution is 2.25. The van der Waals surface area contributed by atoms with Gasteiger partial charge in [0.05, 0.1) is 5.56 Å². The minimum atomic E-state index is 0.644. The van der Waals surface area contributed by atoms with Crippen LogP contribution in [0.3, 0.4) is 0 Å². The van der Waals surface area contributed by atoms with Gasteiger partial charge in [0.15, 0.2) is 6.29 Å². The normalized spacial score (nSPS) is 10.4. The molecule has 1 aromatic heterocycles. The first-order chi connectivity index (χ1) is 7.76. The molecule has 0 aliphatic heterocycles. The first kappa shape index (κ1) is 11.3. The molecule has 4 heteroatoms. The van der Waals surface area contributed by atoms with Crippen LogP contribution >= 0.6 is 22.6 Å². The van der Waals surface area contributed by atoms with Crippen molar-refractivity contribution in [2.24, 2.45) is 0 Å². The number of carbonyl (C=O) groups is 1. The van der Waals surface area contributed by atoms with Gasteiger partial charge in [0.1, 0.15) is 5.69 Å². The van der Waals surface area contributed by atoms with E-state index in [1.54, 1.807) is 10.9 Å². The molecular formula is C12H11IN2O. The van der Waals surface area contributed by atoms with Crippen molar-refractivity contribution in [3.8, 4) is 11.3 Å². The van der Waals surface area contributed by atoms with Crippen molar-refractivity contribution in [2.75, 3.05) is 0 Å². The van der Waals surface area contributed by atoms with E-state index in [0.717, 1.165) is 27.7 Å². The van der Waals surface area contributed by atoms with Crippen molar-refractivity contribution in [1.82, 2.24) is 9.78 Å². The number of rotatable bonds is 3. The van der Waals surface area contributed by atoms with Crippen LogP contribution in [-0.2, 0) is 6.54 Å². The average molecular weight is 326 g/mol. The average Bonchev–Trinajstić information content (AvgIpc) is 2.72. The Morgan fingerprint density at radius 3 is 2.81 bits per heavy atom. The molecule has 0 radical (unpaired) electrons. The van der Waals surface area contributed by atoms with E-state index < -0.39 is 0 Å². The molecule has 0 spiro atoms. The minimum Gasteiger partial charge on any atom is -0.298 e. The van der Waals surface area contributed by atoms with E-state index in [1.165, 1.54) is 0 Å². The van der Waals surface area contributed by atoms with Gasteiger partial charge in [0.2, 0.25) is 0 Å². The first-order valence-electron chi connectivity index (χ1n) is 5.03. The maximum absolute atomic E-state index is 11.0. The summed E-state index contributed by atoms with van der Waals surface area (Å²) in [6.45, 7) is 2.77. The molecule has 1 heterocycles. The van der Waals surface area contributed by atoms with Gasteiger partial charge >= 0.3 is 0 Å². The molecule has 0 N–H and O–H groups in total. The van der Waals surface area contributed by atoms with Crippen LogP contribution in [0.4, 0.5) is 0 Å². The van der Waals surface area contributed by atoms with E-state index in [0.29, 0.717) is 5.56 Å². The molecule has 0 amide bonds. The summed E-state index contributed by atoms with van der Waals surface area (Å²) in [6.07, 6.45) is 2.64. The summed E-state index contributed by atoms with van der Waals surface area (Å²) >= 11 is 2.25. The second-order valence-corrected chi connectivity index (χ2v) is 4.55. The molecule has 0 aliphatic carbocycles. The van der Waals surface area contributed by atoms with Gasteiger partial charge in [-0.3, -0.25) is 9.48 Å². The third kappa shape index (κ3) is 2.02. The monoisotopic (exact) mass is 326 g/mol. The van der Waals surface area contributed by atoms with E-state index in [9.17, 15) is 4.79 Å². The minimum absolute atomic E-state index is 0.644. The lowest BCUT2D eigenvalue weighted by Crippen LogP contribution is -1.94. The second kappa shape index (κ2) is 4.78. The van der Waals surface area contributed by atoms with Gasteiger partial charge in [-0.05, 0) is 35.6 Å². The van der Waals surface area contributed by atoms with Gasteiger partial charge in [0.25, 0.3) is 0 Å². The molecule has 0 aliphatic rings. The number of aromatic nitrogens is 2. The molecule has 1 aromatic carbocycles. The number of halogens is 1. The number of nitrogens with zero attached hydrogens (tertiary/aromatic N) is 2. The largest absolute Gasteiger partial charge is 0.298 e. The third-order valence-corrected chi connectivity index (χ3v) is 3.31. The molecule has 3 nitrogen and oxygen atoms in total. The Kier molecular flexibility index (Phi) is 3.38. The summed E-state index contributed by atoms with van der Waals surface area (Å²) in [7, 11) is 0. The van der Waals surface area contributed by atoms with Crippen molar-refractivity contribution in [1.29, 1.82) is 0 Å². The lowest BCUT2D eigenvalue weighted by molar-refractivity contribution is 0.112.